The van der Waals surface area contributed by atoms with Gasteiger partial charge in [0.05, 0.1) is 18.4 Å². The molecule has 0 spiro atoms. The van der Waals surface area contributed by atoms with Crippen LogP contribution in [0.5, 0.6) is 5.75 Å². The fraction of sp³-hybridized carbons (Fsp3) is 0.120. The standard InChI is InChI=1S/C25H22N6O2/c1-16-21(24(32)28-19-10-6-7-11-20(19)33-2)22(17-12-14-26-15-13-17)31-25(27-16)29-23(30-31)18-8-4-3-5-9-18/h3-15,22H,1-2H3,(H,28,32)(H,27,29,30)/t22-/m0/s1. The third-order valence-corrected chi connectivity index (χ3v) is 5.51. The van der Waals surface area contributed by atoms with Crippen LogP contribution in [0.15, 0.2) is 90.4 Å². The van der Waals surface area contributed by atoms with E-state index in [0.29, 0.717) is 34.5 Å². The Balaban J connectivity index is 1.59. The summed E-state index contributed by atoms with van der Waals surface area (Å²) in [5.74, 6) is 1.48. The molecule has 3 heterocycles. The van der Waals surface area contributed by atoms with Crippen LogP contribution in [-0.2, 0) is 4.79 Å². The van der Waals surface area contributed by atoms with Gasteiger partial charge in [0.15, 0.2) is 5.82 Å². The van der Waals surface area contributed by atoms with Crippen molar-refractivity contribution in [3.63, 3.8) is 0 Å². The highest BCUT2D eigenvalue weighted by molar-refractivity contribution is 6.06. The van der Waals surface area contributed by atoms with Gasteiger partial charge in [0.2, 0.25) is 5.95 Å². The smallest absolute Gasteiger partial charge is 0.255 e. The number of hydrogen-bond acceptors (Lipinski definition) is 6. The third kappa shape index (κ3) is 3.82. The average Bonchev–Trinajstić information content (AvgIpc) is 3.28. The SMILES string of the molecule is COc1ccccc1NC(=O)C1=C(C)Nc2nc(-c3ccccc3)nn2[C@H]1c1ccncc1. The number of nitrogens with zero attached hydrogens (tertiary/aromatic N) is 4. The predicted octanol–water partition coefficient (Wildman–Crippen LogP) is 4.28. The molecule has 1 atom stereocenters. The lowest BCUT2D eigenvalue weighted by atomic mass is 9.96. The van der Waals surface area contributed by atoms with Gasteiger partial charge >= 0.3 is 0 Å². The topological polar surface area (TPSA) is 94.0 Å². The molecule has 2 aromatic heterocycles. The Bertz CT molecular complexity index is 1330. The van der Waals surface area contributed by atoms with Crippen molar-refractivity contribution in [1.29, 1.82) is 0 Å². The largest absolute Gasteiger partial charge is 0.495 e. The second-order valence-electron chi connectivity index (χ2n) is 7.57. The number of carbonyl (C=O) groups excluding carboxylic acids is 1. The van der Waals surface area contributed by atoms with Crippen molar-refractivity contribution >= 4 is 17.5 Å². The monoisotopic (exact) mass is 438 g/mol. The number of ether oxygens (including phenoxy) is 1. The Hall–Kier alpha value is -4.46. The van der Waals surface area contributed by atoms with Crippen LogP contribution in [0.3, 0.4) is 0 Å². The minimum absolute atomic E-state index is 0.256. The van der Waals surface area contributed by atoms with Crippen LogP contribution in [0, 0.1) is 0 Å². The number of fused-ring (bicyclic) bond motifs is 1. The maximum Gasteiger partial charge on any atom is 0.255 e. The number of amides is 1. The van der Waals surface area contributed by atoms with Crippen LogP contribution in [0.4, 0.5) is 11.6 Å². The van der Waals surface area contributed by atoms with Gasteiger partial charge in [-0.05, 0) is 36.8 Å². The first-order valence-electron chi connectivity index (χ1n) is 10.5. The number of hydrogen-bond donors (Lipinski definition) is 2. The Morgan fingerprint density at radius 1 is 1.03 bits per heavy atom. The zero-order chi connectivity index (χ0) is 22.8. The number of anilines is 2. The van der Waals surface area contributed by atoms with Gasteiger partial charge in [-0.1, -0.05) is 42.5 Å². The molecule has 8 nitrogen and oxygen atoms in total. The van der Waals surface area contributed by atoms with E-state index >= 15 is 0 Å². The van der Waals surface area contributed by atoms with Crippen LogP contribution in [0.2, 0.25) is 0 Å². The van der Waals surface area contributed by atoms with Crippen molar-refractivity contribution < 1.29 is 9.53 Å². The first-order valence-corrected chi connectivity index (χ1v) is 10.5. The van der Waals surface area contributed by atoms with E-state index in [1.165, 1.54) is 0 Å². The van der Waals surface area contributed by atoms with Crippen molar-refractivity contribution in [1.82, 2.24) is 19.7 Å². The van der Waals surface area contributed by atoms with E-state index in [1.807, 2.05) is 61.5 Å². The number of benzene rings is 2. The Morgan fingerprint density at radius 3 is 2.52 bits per heavy atom. The van der Waals surface area contributed by atoms with Gasteiger partial charge in [-0.25, -0.2) is 4.68 Å². The molecule has 5 rings (SSSR count). The molecule has 0 radical (unpaired) electrons. The van der Waals surface area contributed by atoms with Gasteiger partial charge < -0.3 is 15.4 Å². The van der Waals surface area contributed by atoms with E-state index in [0.717, 1.165) is 11.1 Å². The predicted molar refractivity (Wildman–Crippen MR) is 126 cm³/mol. The summed E-state index contributed by atoms with van der Waals surface area (Å²) in [6, 6.07) is 20.3. The fourth-order valence-corrected chi connectivity index (χ4v) is 3.95. The summed E-state index contributed by atoms with van der Waals surface area (Å²) in [4.78, 5) is 22.4. The third-order valence-electron chi connectivity index (χ3n) is 5.51. The minimum Gasteiger partial charge on any atom is -0.495 e. The number of aromatic nitrogens is 4. The summed E-state index contributed by atoms with van der Waals surface area (Å²) in [6.07, 6.45) is 3.41. The summed E-state index contributed by atoms with van der Waals surface area (Å²) in [7, 11) is 1.57. The van der Waals surface area contributed by atoms with Gasteiger partial charge in [0, 0.05) is 23.7 Å². The van der Waals surface area contributed by atoms with E-state index in [1.54, 1.807) is 36.3 Å². The number of nitrogens with one attached hydrogen (secondary N) is 2. The van der Waals surface area contributed by atoms with Crippen LogP contribution in [0.1, 0.15) is 18.5 Å². The molecular weight excluding hydrogens is 416 g/mol. The van der Waals surface area contributed by atoms with E-state index in [-0.39, 0.29) is 5.91 Å². The van der Waals surface area contributed by atoms with Crippen LogP contribution in [0.25, 0.3) is 11.4 Å². The molecule has 2 N–H and O–H groups in total. The Kier molecular flexibility index (Phi) is 5.32. The van der Waals surface area contributed by atoms with Crippen LogP contribution >= 0.6 is 0 Å². The normalized spacial score (nSPS) is 14.9. The van der Waals surface area contributed by atoms with Crippen LogP contribution < -0.4 is 15.4 Å². The summed E-state index contributed by atoms with van der Waals surface area (Å²) in [5, 5.41) is 11.0. The summed E-state index contributed by atoms with van der Waals surface area (Å²) in [6.45, 7) is 1.87. The summed E-state index contributed by atoms with van der Waals surface area (Å²) >= 11 is 0. The van der Waals surface area contributed by atoms with Gasteiger partial charge in [-0.3, -0.25) is 9.78 Å². The van der Waals surface area contributed by atoms with E-state index in [2.05, 4.69) is 15.6 Å². The van der Waals surface area contributed by atoms with E-state index < -0.39 is 6.04 Å². The number of rotatable bonds is 5. The number of pyridine rings is 1. The fourth-order valence-electron chi connectivity index (χ4n) is 3.95. The number of allylic oxidation sites excluding steroid dienone is 1. The van der Waals surface area contributed by atoms with Crippen molar-refractivity contribution in [2.75, 3.05) is 17.7 Å². The first-order chi connectivity index (χ1) is 16.2. The number of methoxy groups -OCH3 is 1. The first kappa shape index (κ1) is 20.4. The molecule has 4 aromatic rings. The molecule has 2 aromatic carbocycles. The number of carbonyl (C=O) groups is 1. The zero-order valence-electron chi connectivity index (χ0n) is 18.2. The Labute approximate surface area is 191 Å². The highest BCUT2D eigenvalue weighted by Crippen LogP contribution is 2.37. The van der Waals surface area contributed by atoms with Crippen molar-refractivity contribution in [3.8, 4) is 17.1 Å². The highest BCUT2D eigenvalue weighted by Gasteiger charge is 2.34. The second-order valence-corrected chi connectivity index (χ2v) is 7.57. The van der Waals surface area contributed by atoms with Crippen LogP contribution in [-0.4, -0.2) is 32.8 Å². The molecule has 0 saturated carbocycles. The molecule has 0 saturated heterocycles. The minimum atomic E-state index is -0.482. The molecule has 164 valence electrons. The van der Waals surface area contributed by atoms with Gasteiger partial charge in [0.1, 0.15) is 11.8 Å². The van der Waals surface area contributed by atoms with Crippen molar-refractivity contribution in [3.05, 3.63) is 96.0 Å². The molecule has 1 aliphatic heterocycles. The molecule has 0 bridgehead atoms. The molecule has 1 amide bonds. The average molecular weight is 438 g/mol. The highest BCUT2D eigenvalue weighted by atomic mass is 16.5. The molecule has 8 heteroatoms. The quantitative estimate of drug-likeness (QED) is 0.483. The number of para-hydroxylation sites is 2. The maximum absolute atomic E-state index is 13.6. The molecular formula is C25H22N6O2. The van der Waals surface area contributed by atoms with Gasteiger partial charge in [0.25, 0.3) is 5.91 Å². The van der Waals surface area contributed by atoms with Gasteiger partial charge in [-0.2, -0.15) is 4.98 Å². The lowest BCUT2D eigenvalue weighted by Crippen LogP contribution is -2.31. The molecule has 33 heavy (non-hydrogen) atoms. The van der Waals surface area contributed by atoms with E-state index in [4.69, 9.17) is 14.8 Å². The lowest BCUT2D eigenvalue weighted by Gasteiger charge is -2.28. The summed E-state index contributed by atoms with van der Waals surface area (Å²) < 4.78 is 7.15. The zero-order valence-corrected chi connectivity index (χ0v) is 18.2. The van der Waals surface area contributed by atoms with E-state index in [9.17, 15) is 4.79 Å². The molecule has 0 unspecified atom stereocenters. The second kappa shape index (κ2) is 8.58. The Morgan fingerprint density at radius 2 is 1.76 bits per heavy atom. The van der Waals surface area contributed by atoms with Crippen molar-refractivity contribution in [2.45, 2.75) is 13.0 Å². The maximum atomic E-state index is 13.6. The lowest BCUT2D eigenvalue weighted by molar-refractivity contribution is -0.113. The molecule has 1 aliphatic rings. The molecule has 0 fully saturated rings. The van der Waals surface area contributed by atoms with Crippen molar-refractivity contribution in [2.24, 2.45) is 0 Å². The van der Waals surface area contributed by atoms with Gasteiger partial charge in [-0.15, -0.1) is 5.10 Å². The summed E-state index contributed by atoms with van der Waals surface area (Å²) in [5.41, 5.74) is 3.59. The molecule has 0 aliphatic carbocycles.